The Bertz CT molecular complexity index is 1580. The van der Waals surface area contributed by atoms with Crippen LogP contribution in [0.2, 0.25) is 0 Å². The van der Waals surface area contributed by atoms with E-state index >= 15 is 0 Å². The third-order valence-corrected chi connectivity index (χ3v) is 10.8. The number of phenolic OH excluding ortho intramolecular Hbond substituents is 2. The van der Waals surface area contributed by atoms with Gasteiger partial charge in [-0.15, -0.1) is 0 Å². The molecule has 1 aromatic carbocycles. The maximum Gasteiger partial charge on any atom is 0.286 e. The van der Waals surface area contributed by atoms with Gasteiger partial charge in [-0.2, -0.15) is 0 Å². The van der Waals surface area contributed by atoms with Gasteiger partial charge < -0.3 is 25.2 Å². The molecule has 0 bridgehead atoms. The van der Waals surface area contributed by atoms with Crippen molar-refractivity contribution in [1.82, 2.24) is 19.1 Å². The van der Waals surface area contributed by atoms with Crippen molar-refractivity contribution in [3.05, 3.63) is 52.4 Å². The third-order valence-electron chi connectivity index (χ3n) is 10.8. The summed E-state index contributed by atoms with van der Waals surface area (Å²) >= 11 is 0. The summed E-state index contributed by atoms with van der Waals surface area (Å²) in [6.45, 7) is 8.91. The Labute approximate surface area is 239 Å². The largest absolute Gasteiger partial charge is 0.508 e. The summed E-state index contributed by atoms with van der Waals surface area (Å²) in [4.78, 5) is 22.3. The molecule has 3 aromatic rings. The number of hydrogen-bond donors (Lipinski definition) is 4. The van der Waals surface area contributed by atoms with Gasteiger partial charge in [-0.1, -0.05) is 32.4 Å². The van der Waals surface area contributed by atoms with Crippen LogP contribution in [0.1, 0.15) is 71.6 Å². The van der Waals surface area contributed by atoms with Gasteiger partial charge >= 0.3 is 0 Å². The first-order chi connectivity index (χ1) is 19.5. The zero-order valence-corrected chi connectivity index (χ0v) is 24.1. The lowest BCUT2D eigenvalue weighted by atomic mass is 9.47. The van der Waals surface area contributed by atoms with Crippen LogP contribution in [0.15, 0.2) is 41.2 Å². The normalized spacial score (nSPS) is 33.6. The van der Waals surface area contributed by atoms with E-state index in [-0.39, 0.29) is 52.2 Å². The Morgan fingerprint density at radius 3 is 2.66 bits per heavy atom. The molecular weight excluding hydrogens is 524 g/mol. The Morgan fingerprint density at radius 2 is 1.93 bits per heavy atom. The molecule has 0 amide bonds. The van der Waals surface area contributed by atoms with E-state index in [0.717, 1.165) is 25.7 Å². The molecule has 1 saturated heterocycles. The summed E-state index contributed by atoms with van der Waals surface area (Å²) < 4.78 is 8.50. The van der Waals surface area contributed by atoms with Crippen molar-refractivity contribution in [2.45, 2.75) is 84.7 Å². The van der Waals surface area contributed by atoms with Gasteiger partial charge in [-0.3, -0.25) is 13.9 Å². The summed E-state index contributed by atoms with van der Waals surface area (Å²) in [5.74, 6) is 0.758. The number of allylic oxidation sites excluding steroid dienone is 2. The van der Waals surface area contributed by atoms with E-state index in [2.05, 4.69) is 43.7 Å². The monoisotopic (exact) mass is 564 g/mol. The Kier molecular flexibility index (Phi) is 6.79. The van der Waals surface area contributed by atoms with E-state index in [0.29, 0.717) is 23.8 Å². The van der Waals surface area contributed by atoms with Gasteiger partial charge in [-0.05, 0) is 67.8 Å². The Balaban J connectivity index is 1.38. The first-order valence-electron chi connectivity index (χ1n) is 14.6. The predicted molar refractivity (Wildman–Crippen MR) is 153 cm³/mol. The van der Waals surface area contributed by atoms with Crippen LogP contribution in [0.25, 0.3) is 16.9 Å². The molecular formula is C31H40N4O6. The van der Waals surface area contributed by atoms with E-state index < -0.39 is 24.0 Å². The predicted octanol–water partition coefficient (Wildman–Crippen LogP) is 3.98. The van der Waals surface area contributed by atoms with Crippen LogP contribution in [0.3, 0.4) is 0 Å². The molecule has 2 aromatic heterocycles. The second-order valence-electron chi connectivity index (χ2n) is 12.9. The van der Waals surface area contributed by atoms with Crippen LogP contribution in [0.5, 0.6) is 11.5 Å². The molecule has 4 N–H and O–H groups in total. The third kappa shape index (κ3) is 4.30. The lowest BCUT2D eigenvalue weighted by Gasteiger charge is -2.58. The molecule has 6 rings (SSSR count). The molecule has 1 aliphatic heterocycles. The highest BCUT2D eigenvalue weighted by Crippen LogP contribution is 2.61. The second kappa shape index (κ2) is 9.96. The molecule has 7 atom stereocenters. The number of benzene rings is 1. The van der Waals surface area contributed by atoms with Gasteiger partial charge in [0, 0.05) is 18.1 Å². The molecule has 3 heterocycles. The van der Waals surface area contributed by atoms with Gasteiger partial charge in [0.25, 0.3) is 5.56 Å². The number of rotatable bonds is 5. The number of phenols is 2. The average molecular weight is 565 g/mol. The zero-order chi connectivity index (χ0) is 29.3. The molecule has 2 fully saturated rings. The van der Waals surface area contributed by atoms with Gasteiger partial charge in [0.2, 0.25) is 0 Å². The quantitative estimate of drug-likeness (QED) is 0.269. The SMILES string of the molecule is CC1=CCC[C@H]2[C@](C)(Cc3cc(O)cc(-n4cnc5c(ncn5C5C[C@H](O)[C@@H](CO)O5)c4=O)c3O)[C@@H](C)CC[C@]12C. The molecule has 0 radical (unpaired) electrons. The number of aliphatic hydroxyl groups is 2. The minimum absolute atomic E-state index is 0.0386. The Morgan fingerprint density at radius 1 is 1.15 bits per heavy atom. The van der Waals surface area contributed by atoms with Gasteiger partial charge in [0.05, 0.1) is 24.7 Å². The number of ether oxygens (including phenoxy) is 1. The Hall–Kier alpha value is -3.21. The lowest BCUT2D eigenvalue weighted by molar-refractivity contribution is -0.0432. The average Bonchev–Trinajstić information content (AvgIpc) is 3.54. The smallest absolute Gasteiger partial charge is 0.286 e. The summed E-state index contributed by atoms with van der Waals surface area (Å²) in [5, 5.41) is 41.9. The zero-order valence-electron chi connectivity index (χ0n) is 24.1. The van der Waals surface area contributed by atoms with Crippen molar-refractivity contribution in [3.63, 3.8) is 0 Å². The number of fused-ring (bicyclic) bond motifs is 2. The van der Waals surface area contributed by atoms with Crippen molar-refractivity contribution < 1.29 is 25.2 Å². The fourth-order valence-electron chi connectivity index (χ4n) is 7.94. The van der Waals surface area contributed by atoms with Crippen LogP contribution >= 0.6 is 0 Å². The standard InChI is InChI=1S/C31H40N4O6/c1-17-6-5-7-24-30(17,3)9-8-18(2)31(24,4)13-19-10-20(37)11-21(27(19)39)34-16-33-28-26(29(34)40)32-15-35(28)25-12-22(38)23(14-36)41-25/h6,10-11,15-16,18,22-25,36-39H,5,7-9,12-14H2,1-4H3/t18-,22-,23+,24+,25?,30+,31+/m0/s1. The highest BCUT2D eigenvalue weighted by atomic mass is 16.5. The van der Waals surface area contributed by atoms with E-state index in [1.54, 1.807) is 10.6 Å². The second-order valence-corrected chi connectivity index (χ2v) is 12.9. The van der Waals surface area contributed by atoms with Crippen LogP contribution in [0, 0.1) is 22.7 Å². The van der Waals surface area contributed by atoms with Crippen LogP contribution in [0.4, 0.5) is 0 Å². The molecule has 10 nitrogen and oxygen atoms in total. The molecule has 3 aliphatic rings. The molecule has 10 heteroatoms. The summed E-state index contributed by atoms with van der Waals surface area (Å²) in [7, 11) is 0. The topological polar surface area (TPSA) is 143 Å². The van der Waals surface area contributed by atoms with E-state index in [1.165, 1.54) is 28.9 Å². The highest BCUT2D eigenvalue weighted by Gasteiger charge is 2.53. The van der Waals surface area contributed by atoms with Gasteiger partial charge in [0.15, 0.2) is 11.2 Å². The highest BCUT2D eigenvalue weighted by molar-refractivity contribution is 5.70. The van der Waals surface area contributed by atoms with E-state index in [9.17, 15) is 25.2 Å². The van der Waals surface area contributed by atoms with E-state index in [4.69, 9.17) is 4.74 Å². The molecule has 0 spiro atoms. The number of aliphatic hydroxyl groups excluding tert-OH is 2. The molecule has 1 saturated carbocycles. The molecule has 2 aliphatic carbocycles. The fourth-order valence-corrected chi connectivity index (χ4v) is 7.94. The van der Waals surface area contributed by atoms with Crippen LogP contribution in [-0.2, 0) is 11.2 Å². The summed E-state index contributed by atoms with van der Waals surface area (Å²) in [6, 6.07) is 2.98. The molecule has 1 unspecified atom stereocenters. The maximum absolute atomic E-state index is 13.6. The van der Waals surface area contributed by atoms with Crippen molar-refractivity contribution in [2.75, 3.05) is 6.61 Å². The first kappa shape index (κ1) is 27.9. The van der Waals surface area contributed by atoms with Crippen molar-refractivity contribution >= 4 is 11.2 Å². The van der Waals surface area contributed by atoms with Gasteiger partial charge in [0.1, 0.15) is 30.2 Å². The first-order valence-corrected chi connectivity index (χ1v) is 14.6. The molecule has 220 valence electrons. The van der Waals surface area contributed by atoms with Crippen molar-refractivity contribution in [1.29, 1.82) is 0 Å². The number of imidazole rings is 1. The van der Waals surface area contributed by atoms with Gasteiger partial charge in [-0.25, -0.2) is 9.97 Å². The number of hydrogen-bond acceptors (Lipinski definition) is 8. The summed E-state index contributed by atoms with van der Waals surface area (Å²) in [5.41, 5.74) is 2.02. The maximum atomic E-state index is 13.6. The van der Waals surface area contributed by atoms with E-state index in [1.807, 2.05) is 0 Å². The fraction of sp³-hybridized carbons (Fsp3) is 0.581. The van der Waals surface area contributed by atoms with Crippen LogP contribution in [-0.4, -0.2) is 58.3 Å². The molecule has 41 heavy (non-hydrogen) atoms. The summed E-state index contributed by atoms with van der Waals surface area (Å²) in [6.07, 6.45) is 8.09. The van der Waals surface area contributed by atoms with Crippen molar-refractivity contribution in [3.8, 4) is 17.2 Å². The lowest BCUT2D eigenvalue weighted by Crippen LogP contribution is -2.50. The number of aromatic hydroxyl groups is 2. The van der Waals surface area contributed by atoms with Crippen LogP contribution < -0.4 is 5.56 Å². The number of nitrogens with zero attached hydrogens (tertiary/aromatic N) is 4. The minimum atomic E-state index is -0.842. The number of aromatic nitrogens is 4. The minimum Gasteiger partial charge on any atom is -0.508 e. The van der Waals surface area contributed by atoms with Crippen molar-refractivity contribution in [2.24, 2.45) is 22.7 Å².